The zero-order chi connectivity index (χ0) is 26.5. The van der Waals surface area contributed by atoms with Crippen molar-refractivity contribution in [3.05, 3.63) is 36.0 Å². The van der Waals surface area contributed by atoms with E-state index < -0.39 is 30.0 Å². The van der Waals surface area contributed by atoms with Crippen molar-refractivity contribution in [2.24, 2.45) is 10.8 Å². The Balaban J connectivity index is 1.26. The molecule has 6 aliphatic rings. The van der Waals surface area contributed by atoms with Crippen LogP contribution in [0.25, 0.3) is 0 Å². The molecule has 1 heterocycles. The quantitative estimate of drug-likeness (QED) is 0.410. The lowest BCUT2D eigenvalue weighted by Gasteiger charge is -2.65. The summed E-state index contributed by atoms with van der Waals surface area (Å²) in [4.78, 5) is 19.8. The van der Waals surface area contributed by atoms with E-state index in [1.54, 1.807) is 13.3 Å². The van der Waals surface area contributed by atoms with Crippen molar-refractivity contribution in [1.29, 1.82) is 0 Å². The van der Waals surface area contributed by atoms with Crippen molar-refractivity contribution in [2.45, 2.75) is 81.7 Å². The Kier molecular flexibility index (Phi) is 5.24. The zero-order valence-electron chi connectivity index (χ0n) is 21.5. The van der Waals surface area contributed by atoms with Gasteiger partial charge in [-0.25, -0.2) is 4.39 Å². The van der Waals surface area contributed by atoms with Crippen LogP contribution in [0, 0.1) is 10.8 Å². The van der Waals surface area contributed by atoms with Crippen molar-refractivity contribution in [1.82, 2.24) is 10.1 Å². The lowest BCUT2D eigenvalue weighted by Crippen LogP contribution is -2.71. The first-order valence-corrected chi connectivity index (χ1v) is 15.7. The number of rotatable bonds is 7. The molecule has 0 saturated heterocycles. The number of fused-ring (bicyclic) bond motifs is 3. The zero-order valence-corrected chi connectivity index (χ0v) is 22.4. The van der Waals surface area contributed by atoms with E-state index in [4.69, 9.17) is 4.52 Å². The van der Waals surface area contributed by atoms with Gasteiger partial charge in [-0.1, -0.05) is 17.3 Å². The van der Waals surface area contributed by atoms with Crippen LogP contribution in [0.2, 0.25) is 0 Å². The number of hydrogen-bond acceptors (Lipinski definition) is 5. The van der Waals surface area contributed by atoms with Gasteiger partial charge in [0.1, 0.15) is 12.8 Å². The molecule has 6 nitrogen and oxygen atoms in total. The molecule has 0 atom stereocenters. The highest BCUT2D eigenvalue weighted by molar-refractivity contribution is 7.70. The summed E-state index contributed by atoms with van der Waals surface area (Å²) in [7, 11) is -2.54. The van der Waals surface area contributed by atoms with Crippen LogP contribution in [0.1, 0.15) is 76.4 Å². The summed E-state index contributed by atoms with van der Waals surface area (Å²) in [5, 5.41) is 4.65. The Bertz CT molecular complexity index is 1270. The third kappa shape index (κ3) is 3.98. The molecule has 10 heteroatoms. The van der Waals surface area contributed by atoms with Crippen LogP contribution in [0.15, 0.2) is 28.8 Å². The van der Waals surface area contributed by atoms with Crippen molar-refractivity contribution in [3.63, 3.8) is 0 Å². The predicted molar refractivity (Wildman–Crippen MR) is 134 cm³/mol. The number of aromatic nitrogens is 2. The van der Waals surface area contributed by atoms with E-state index in [9.17, 15) is 22.5 Å². The molecule has 2 aromatic rings. The maximum atomic E-state index is 14.4. The Morgan fingerprint density at radius 2 is 1.73 bits per heavy atom. The van der Waals surface area contributed by atoms with Crippen molar-refractivity contribution in [2.75, 3.05) is 24.8 Å². The fourth-order valence-electron chi connectivity index (χ4n) is 7.24. The van der Waals surface area contributed by atoms with Crippen molar-refractivity contribution in [3.8, 4) is 0 Å². The molecule has 0 unspecified atom stereocenters. The minimum atomic E-state index is -3.18. The van der Waals surface area contributed by atoms with Gasteiger partial charge in [0.25, 0.3) is 5.89 Å². The van der Waals surface area contributed by atoms with Gasteiger partial charge in [-0.3, -0.25) is 4.79 Å². The van der Waals surface area contributed by atoms with Gasteiger partial charge in [-0.15, -0.1) is 0 Å². The lowest BCUT2D eigenvalue weighted by molar-refractivity contribution is -0.211. The van der Waals surface area contributed by atoms with Gasteiger partial charge in [0.05, 0.1) is 5.41 Å². The topological polar surface area (TPSA) is 76.3 Å². The summed E-state index contributed by atoms with van der Waals surface area (Å²) in [5.74, 6) is -3.49. The van der Waals surface area contributed by atoms with Crippen LogP contribution < -0.4 is 10.2 Å². The first kappa shape index (κ1) is 25.1. The maximum absolute atomic E-state index is 14.4. The minimum Gasteiger partial charge on any atom is -0.333 e. The highest BCUT2D eigenvalue weighted by Gasteiger charge is 2.73. The van der Waals surface area contributed by atoms with Gasteiger partial charge in [0.15, 0.2) is 5.82 Å². The van der Waals surface area contributed by atoms with Gasteiger partial charge in [0.2, 0.25) is 5.91 Å². The fourth-order valence-corrected chi connectivity index (χ4v) is 8.13. The van der Waals surface area contributed by atoms with E-state index in [1.165, 1.54) is 0 Å². The van der Waals surface area contributed by atoms with Crippen LogP contribution in [0.5, 0.6) is 0 Å². The molecule has 6 saturated carbocycles. The molecule has 1 aromatic heterocycles. The lowest BCUT2D eigenvalue weighted by atomic mass is 9.41. The summed E-state index contributed by atoms with van der Waals surface area (Å²) < 4.78 is 59.5. The van der Waals surface area contributed by atoms with Gasteiger partial charge < -0.3 is 14.0 Å². The van der Waals surface area contributed by atoms with E-state index in [1.807, 2.05) is 29.2 Å². The standard InChI is InChI=1S/C27H33F3N3O3P/c1-23(28,29)21-31-20(32-36-21)25-10-7-24(8-11-25,9-12-25)17-33(22(34)26-14-27(30,15-26)16-26)18-5-4-6-19(13-18)37(2,3)35/h4-6,13H,7-12,14-17H2,1-3H3. The van der Waals surface area contributed by atoms with E-state index in [-0.39, 0.29) is 36.0 Å². The maximum Gasteiger partial charge on any atom is 0.322 e. The average molecular weight is 536 g/mol. The van der Waals surface area contributed by atoms with Crippen LogP contribution in [0.4, 0.5) is 18.9 Å². The molecule has 37 heavy (non-hydrogen) atoms. The molecule has 6 fully saturated rings. The van der Waals surface area contributed by atoms with Gasteiger partial charge in [-0.2, -0.15) is 13.8 Å². The van der Waals surface area contributed by atoms with Crippen LogP contribution >= 0.6 is 7.14 Å². The van der Waals surface area contributed by atoms with E-state index in [0.717, 1.165) is 45.4 Å². The summed E-state index contributed by atoms with van der Waals surface area (Å²) in [6, 6.07) is 7.40. The smallest absolute Gasteiger partial charge is 0.322 e. The molecule has 0 spiro atoms. The molecule has 0 radical (unpaired) electrons. The third-order valence-electron chi connectivity index (χ3n) is 9.60. The normalized spacial score (nSPS) is 34.5. The average Bonchev–Trinajstić information content (AvgIpc) is 3.32. The SMILES string of the molecule is CC(F)(F)c1nc(C23CCC(CN(C(=O)C45CC(F)(C4)C5)c4cccc(P(C)(C)=O)c4)(CC2)CC3)no1. The van der Waals surface area contributed by atoms with Crippen molar-refractivity contribution >= 4 is 24.0 Å². The highest BCUT2D eigenvalue weighted by Crippen LogP contribution is 2.70. The fraction of sp³-hybridized carbons (Fsp3) is 0.667. The molecule has 4 bridgehead atoms. The number of carbonyl (C=O) groups excluding carboxylic acids is 1. The van der Waals surface area contributed by atoms with Crippen LogP contribution in [-0.4, -0.2) is 41.6 Å². The molecular formula is C27H33F3N3O3P. The molecule has 0 aliphatic heterocycles. The minimum absolute atomic E-state index is 0.0315. The predicted octanol–water partition coefficient (Wildman–Crippen LogP) is 5.95. The second-order valence-electron chi connectivity index (χ2n) is 12.8. The van der Waals surface area contributed by atoms with E-state index >= 15 is 0 Å². The molecule has 0 N–H and O–H groups in total. The number of alkyl halides is 3. The van der Waals surface area contributed by atoms with Gasteiger partial charge in [-0.05, 0) is 88.7 Å². The Morgan fingerprint density at radius 3 is 2.24 bits per heavy atom. The molecule has 8 rings (SSSR count). The number of anilines is 1. The largest absolute Gasteiger partial charge is 0.333 e. The second-order valence-corrected chi connectivity index (χ2v) is 16.0. The Hall–Kier alpha value is -2.15. The Labute approximate surface area is 214 Å². The molecule has 200 valence electrons. The number of amides is 1. The van der Waals surface area contributed by atoms with E-state index in [0.29, 0.717) is 23.4 Å². The molecule has 6 aliphatic carbocycles. The first-order valence-electron chi connectivity index (χ1n) is 13.1. The summed E-state index contributed by atoms with van der Waals surface area (Å²) >= 11 is 0. The van der Waals surface area contributed by atoms with Gasteiger partial charge in [0, 0.05) is 29.9 Å². The molecule has 1 amide bonds. The summed E-state index contributed by atoms with van der Waals surface area (Å²) in [5.41, 5.74) is -1.60. The summed E-state index contributed by atoms with van der Waals surface area (Å²) in [6.07, 6.45) is 5.49. The van der Waals surface area contributed by atoms with E-state index in [2.05, 4.69) is 10.1 Å². The monoisotopic (exact) mass is 535 g/mol. The number of nitrogens with zero attached hydrogens (tertiary/aromatic N) is 3. The molecular weight excluding hydrogens is 502 g/mol. The molecule has 1 aromatic carbocycles. The number of benzene rings is 1. The summed E-state index contributed by atoms with van der Waals surface area (Å²) in [6.45, 7) is 4.69. The highest BCUT2D eigenvalue weighted by atomic mass is 31.2. The van der Waals surface area contributed by atoms with Gasteiger partial charge >= 0.3 is 5.92 Å². The van der Waals surface area contributed by atoms with Crippen LogP contribution in [0.3, 0.4) is 0 Å². The number of carbonyl (C=O) groups is 1. The third-order valence-corrected chi connectivity index (χ3v) is 11.1. The van der Waals surface area contributed by atoms with Crippen LogP contribution in [-0.2, 0) is 20.7 Å². The van der Waals surface area contributed by atoms with Crippen molar-refractivity contribution < 1.29 is 27.1 Å². The Morgan fingerprint density at radius 1 is 1.11 bits per heavy atom. The number of hydrogen-bond donors (Lipinski definition) is 0. The number of halogens is 3. The second kappa shape index (κ2) is 7.71. The first-order chi connectivity index (χ1) is 17.2.